The number of nitrogens with one attached hydrogen (secondary N) is 1. The van der Waals surface area contributed by atoms with Gasteiger partial charge in [0.1, 0.15) is 5.82 Å². The number of benzene rings is 1. The van der Waals surface area contributed by atoms with E-state index in [1.54, 1.807) is 0 Å². The molecule has 0 bridgehead atoms. The van der Waals surface area contributed by atoms with Crippen LogP contribution in [0.1, 0.15) is 22.5 Å². The molecule has 3 aromatic rings. The summed E-state index contributed by atoms with van der Waals surface area (Å²) in [7, 11) is 2.08. The predicted molar refractivity (Wildman–Crippen MR) is 135 cm³/mol. The number of nitrogens with two attached hydrogens (primary N) is 1. The lowest BCUT2D eigenvalue weighted by molar-refractivity contribution is -0.193. The van der Waals surface area contributed by atoms with Gasteiger partial charge in [-0.3, -0.25) is 14.7 Å². The monoisotopic (exact) mass is 591 g/mol. The van der Waals surface area contributed by atoms with Gasteiger partial charge >= 0.3 is 24.3 Å². The first-order chi connectivity index (χ1) is 18.9. The summed E-state index contributed by atoms with van der Waals surface area (Å²) < 4.78 is 63.5. The zero-order chi connectivity index (χ0) is 31.4. The van der Waals surface area contributed by atoms with Gasteiger partial charge in [-0.05, 0) is 37.7 Å². The lowest BCUT2D eigenvalue weighted by Gasteiger charge is -2.17. The van der Waals surface area contributed by atoms with E-state index in [0.717, 1.165) is 24.3 Å². The van der Waals surface area contributed by atoms with Crippen LogP contribution in [0.2, 0.25) is 0 Å². The van der Waals surface area contributed by atoms with Gasteiger partial charge in [0, 0.05) is 43.0 Å². The third kappa shape index (κ3) is 13.1. The molecule has 5 N–H and O–H groups in total. The molecule has 0 amide bonds. The molecule has 0 spiro atoms. The van der Waals surface area contributed by atoms with Crippen LogP contribution in [0.3, 0.4) is 0 Å². The van der Waals surface area contributed by atoms with Crippen molar-refractivity contribution in [1.82, 2.24) is 19.9 Å². The standard InChI is InChI=1S/C21H25N5O.2C2HF3O2/c1-15-4-3-11-23-19(15)14-26(2)13-16-5-7-17(8-6-16)21-24-18(9-10-22)12-20(27)25-21;2*3-2(4,5)1(6)7/h3-8,11-12H,9-10,13-14,22H2,1-2H3,(H,24,25,27);2*(H,6,7). The molecule has 10 nitrogen and oxygen atoms in total. The van der Waals surface area contributed by atoms with Gasteiger partial charge in [0.05, 0.1) is 5.69 Å². The smallest absolute Gasteiger partial charge is 0.475 e. The van der Waals surface area contributed by atoms with Crippen molar-refractivity contribution in [1.29, 1.82) is 0 Å². The van der Waals surface area contributed by atoms with E-state index >= 15 is 0 Å². The van der Waals surface area contributed by atoms with Gasteiger partial charge in [0.25, 0.3) is 5.56 Å². The summed E-state index contributed by atoms with van der Waals surface area (Å²) in [5.74, 6) is -4.94. The fourth-order valence-corrected chi connectivity index (χ4v) is 3.00. The molecule has 16 heteroatoms. The molecule has 2 aromatic heterocycles. The van der Waals surface area contributed by atoms with Crippen molar-refractivity contribution in [2.24, 2.45) is 5.73 Å². The molecule has 0 aliphatic rings. The van der Waals surface area contributed by atoms with Crippen LogP contribution in [0, 0.1) is 6.92 Å². The topological polar surface area (TPSA) is 162 Å². The van der Waals surface area contributed by atoms with Gasteiger partial charge in [-0.2, -0.15) is 26.3 Å². The molecule has 0 unspecified atom stereocenters. The van der Waals surface area contributed by atoms with Gasteiger partial charge in [0.2, 0.25) is 0 Å². The van der Waals surface area contributed by atoms with Crippen LogP contribution in [0.4, 0.5) is 26.3 Å². The molecular formula is C25H27F6N5O5. The first-order valence-corrected chi connectivity index (χ1v) is 11.5. The number of aryl methyl sites for hydroxylation is 1. The van der Waals surface area contributed by atoms with Crippen molar-refractivity contribution in [3.63, 3.8) is 0 Å². The summed E-state index contributed by atoms with van der Waals surface area (Å²) in [6.07, 6.45) is -7.75. The SMILES string of the molecule is Cc1cccnc1CN(C)Cc1ccc(-c2nc(CCN)cc(=O)[nH]2)cc1.O=C(O)C(F)(F)F.O=C(O)C(F)(F)F. The zero-order valence-corrected chi connectivity index (χ0v) is 21.8. The van der Waals surface area contributed by atoms with Gasteiger partial charge in [-0.1, -0.05) is 30.3 Å². The maximum Gasteiger partial charge on any atom is 0.490 e. The molecule has 224 valence electrons. The predicted octanol–water partition coefficient (Wildman–Crippen LogP) is 3.54. The molecule has 1 aromatic carbocycles. The van der Waals surface area contributed by atoms with E-state index in [1.807, 2.05) is 24.4 Å². The second-order valence-electron chi connectivity index (χ2n) is 8.37. The van der Waals surface area contributed by atoms with Crippen LogP contribution in [-0.2, 0) is 29.1 Å². The average molecular weight is 592 g/mol. The van der Waals surface area contributed by atoms with Crippen molar-refractivity contribution < 1.29 is 46.1 Å². The van der Waals surface area contributed by atoms with Crippen molar-refractivity contribution >= 4 is 11.9 Å². The number of aromatic nitrogens is 3. The number of pyridine rings is 1. The summed E-state index contributed by atoms with van der Waals surface area (Å²) in [6, 6.07) is 13.6. The van der Waals surface area contributed by atoms with Crippen LogP contribution in [-0.4, -0.2) is 67.9 Å². The van der Waals surface area contributed by atoms with E-state index in [-0.39, 0.29) is 5.56 Å². The first-order valence-electron chi connectivity index (χ1n) is 11.5. The number of nitrogens with zero attached hydrogens (tertiary/aromatic N) is 3. The van der Waals surface area contributed by atoms with Gasteiger partial charge in [0.15, 0.2) is 0 Å². The van der Waals surface area contributed by atoms with Crippen LogP contribution in [0.5, 0.6) is 0 Å². The number of aromatic amines is 1. The highest BCUT2D eigenvalue weighted by molar-refractivity contribution is 5.73. The van der Waals surface area contributed by atoms with E-state index in [9.17, 15) is 31.1 Å². The maximum absolute atomic E-state index is 11.8. The van der Waals surface area contributed by atoms with Gasteiger partial charge in [-0.15, -0.1) is 0 Å². The van der Waals surface area contributed by atoms with Crippen LogP contribution in [0.25, 0.3) is 11.4 Å². The highest BCUT2D eigenvalue weighted by atomic mass is 19.4. The number of carboxylic acid groups (broad SMARTS) is 2. The molecule has 41 heavy (non-hydrogen) atoms. The minimum absolute atomic E-state index is 0.155. The second kappa shape index (κ2) is 15.5. The number of aliphatic carboxylic acids is 2. The Morgan fingerprint density at radius 2 is 1.51 bits per heavy atom. The normalized spacial score (nSPS) is 11.2. The van der Waals surface area contributed by atoms with Gasteiger partial charge < -0.3 is 20.9 Å². The van der Waals surface area contributed by atoms with E-state index in [4.69, 9.17) is 25.5 Å². The molecule has 2 heterocycles. The van der Waals surface area contributed by atoms with Crippen LogP contribution in [0.15, 0.2) is 53.5 Å². The Labute approximate surface area is 229 Å². The molecule has 0 saturated heterocycles. The van der Waals surface area contributed by atoms with E-state index < -0.39 is 24.3 Å². The average Bonchev–Trinajstić information content (AvgIpc) is 2.85. The maximum atomic E-state index is 11.8. The van der Waals surface area contributed by atoms with E-state index in [2.05, 4.69) is 52.0 Å². The molecule has 0 saturated carbocycles. The largest absolute Gasteiger partial charge is 0.490 e. The summed E-state index contributed by atoms with van der Waals surface area (Å²) in [6.45, 7) is 4.16. The summed E-state index contributed by atoms with van der Waals surface area (Å²) in [4.78, 5) is 43.6. The van der Waals surface area contributed by atoms with Gasteiger partial charge in [-0.25, -0.2) is 14.6 Å². The second-order valence-corrected chi connectivity index (χ2v) is 8.37. The van der Waals surface area contributed by atoms with E-state index in [1.165, 1.54) is 17.2 Å². The zero-order valence-electron chi connectivity index (χ0n) is 21.8. The molecule has 0 aliphatic heterocycles. The Hall–Kier alpha value is -4.31. The quantitative estimate of drug-likeness (QED) is 0.301. The number of carboxylic acids is 2. The van der Waals surface area contributed by atoms with Crippen molar-refractivity contribution in [3.05, 3.63) is 81.5 Å². The Morgan fingerprint density at radius 3 is 1.98 bits per heavy atom. The number of carbonyl (C=O) groups is 2. The molecule has 0 radical (unpaired) electrons. The Bertz CT molecular complexity index is 1320. The number of H-pyrrole nitrogens is 1. The fraction of sp³-hybridized carbons (Fsp3) is 0.320. The molecule has 0 fully saturated rings. The lowest BCUT2D eigenvalue weighted by Crippen LogP contribution is -2.21. The summed E-state index contributed by atoms with van der Waals surface area (Å²) >= 11 is 0. The molecule has 0 atom stereocenters. The number of hydrogen-bond donors (Lipinski definition) is 4. The molecule has 0 aliphatic carbocycles. The lowest BCUT2D eigenvalue weighted by atomic mass is 10.1. The minimum Gasteiger partial charge on any atom is -0.475 e. The number of hydrogen-bond acceptors (Lipinski definition) is 7. The van der Waals surface area contributed by atoms with Crippen molar-refractivity contribution in [2.45, 2.75) is 38.8 Å². The Kier molecular flexibility index (Phi) is 13.1. The first kappa shape index (κ1) is 34.7. The Balaban J connectivity index is 0.000000497. The highest BCUT2D eigenvalue weighted by Gasteiger charge is 2.38. The molecular weight excluding hydrogens is 564 g/mol. The summed E-state index contributed by atoms with van der Waals surface area (Å²) in [5, 5.41) is 14.2. The minimum atomic E-state index is -5.08. The fourth-order valence-electron chi connectivity index (χ4n) is 3.00. The number of rotatable bonds is 7. The van der Waals surface area contributed by atoms with E-state index in [0.29, 0.717) is 24.5 Å². The Morgan fingerprint density at radius 1 is 0.976 bits per heavy atom. The summed E-state index contributed by atoms with van der Waals surface area (Å²) in [5.41, 5.74) is 10.5. The highest BCUT2D eigenvalue weighted by Crippen LogP contribution is 2.17. The van der Waals surface area contributed by atoms with Crippen molar-refractivity contribution in [2.75, 3.05) is 13.6 Å². The number of halogens is 6. The third-order valence-corrected chi connectivity index (χ3v) is 4.90. The molecule has 3 rings (SSSR count). The van der Waals surface area contributed by atoms with Crippen molar-refractivity contribution in [3.8, 4) is 11.4 Å². The number of alkyl halides is 6. The third-order valence-electron chi connectivity index (χ3n) is 4.90. The van der Waals surface area contributed by atoms with Crippen LogP contribution < -0.4 is 11.3 Å². The van der Waals surface area contributed by atoms with Crippen LogP contribution >= 0.6 is 0 Å².